The van der Waals surface area contributed by atoms with Gasteiger partial charge in [0.25, 0.3) is 0 Å². The fraction of sp³-hybridized carbons (Fsp3) is 0.500. The maximum absolute atomic E-state index is 10.1. The minimum absolute atomic E-state index is 0. The summed E-state index contributed by atoms with van der Waals surface area (Å²) in [4.78, 5) is 11.8. The minimum atomic E-state index is -1.80. The van der Waals surface area contributed by atoms with Crippen molar-refractivity contribution in [3.8, 4) is 0 Å². The van der Waals surface area contributed by atoms with Crippen molar-refractivity contribution in [3.63, 3.8) is 0 Å². The predicted octanol–water partition coefficient (Wildman–Crippen LogP) is -3.73. The molecule has 21 heavy (non-hydrogen) atoms. The van der Waals surface area contributed by atoms with Crippen LogP contribution < -0.4 is 11.5 Å². The van der Waals surface area contributed by atoms with Crippen molar-refractivity contribution < 1.29 is 25.5 Å². The van der Waals surface area contributed by atoms with Gasteiger partial charge in [-0.3, -0.25) is 10.3 Å². The zero-order valence-electron chi connectivity index (χ0n) is 10.8. The molecule has 0 amide bonds. The molecule has 0 saturated carbocycles. The van der Waals surface area contributed by atoms with Gasteiger partial charge in [-0.1, -0.05) is 0 Å². The topological polar surface area (TPSA) is 197 Å². The Morgan fingerprint density at radius 3 is 2.67 bits per heavy atom. The van der Waals surface area contributed by atoms with Crippen LogP contribution in [0.1, 0.15) is 0 Å². The molecule has 0 unspecified atom stereocenters. The zero-order chi connectivity index (χ0) is 14.5. The summed E-state index contributed by atoms with van der Waals surface area (Å²) >= 11 is 0. The molecule has 0 radical (unpaired) electrons. The smallest absolute Gasteiger partial charge is 0.231 e. The molecular formula is C10H16N6O5. The number of aliphatic hydroxyl groups is 3. The molecule has 11 nitrogen and oxygen atoms in total. The lowest BCUT2D eigenvalue weighted by Gasteiger charge is -2.28. The van der Waals surface area contributed by atoms with Gasteiger partial charge >= 0.3 is 0 Å². The Bertz CT molecular complexity index is 650. The first kappa shape index (κ1) is 15.5. The molecule has 9 N–H and O–H groups in total. The van der Waals surface area contributed by atoms with Crippen LogP contribution in [0.5, 0.6) is 0 Å². The van der Waals surface area contributed by atoms with E-state index >= 15 is 0 Å². The van der Waals surface area contributed by atoms with Crippen molar-refractivity contribution in [3.05, 3.63) is 12.7 Å². The van der Waals surface area contributed by atoms with Gasteiger partial charge < -0.3 is 31.3 Å². The number of fused-ring (bicyclic) bond motifs is 1. The highest BCUT2D eigenvalue weighted by Crippen LogP contribution is 2.33. The van der Waals surface area contributed by atoms with Crippen molar-refractivity contribution in [1.29, 1.82) is 0 Å². The summed E-state index contributed by atoms with van der Waals surface area (Å²) in [6.07, 6.45) is -1.30. The van der Waals surface area contributed by atoms with E-state index < -0.39 is 30.8 Å². The normalized spacial score (nSPS) is 32.3. The maximum atomic E-state index is 10.1. The third-order valence-corrected chi connectivity index (χ3v) is 3.39. The first-order valence-corrected chi connectivity index (χ1v) is 5.86. The molecule has 3 rings (SSSR count). The third-order valence-electron chi connectivity index (χ3n) is 3.39. The lowest BCUT2D eigenvalue weighted by atomic mass is 10.1. The van der Waals surface area contributed by atoms with Crippen LogP contribution in [-0.4, -0.2) is 65.2 Å². The highest BCUT2D eigenvalue weighted by Gasteiger charge is 2.53. The van der Waals surface area contributed by atoms with E-state index in [0.717, 1.165) is 0 Å². The van der Waals surface area contributed by atoms with Crippen molar-refractivity contribution >= 4 is 17.0 Å². The quantitative estimate of drug-likeness (QED) is 0.370. The zero-order valence-corrected chi connectivity index (χ0v) is 10.8. The Morgan fingerprint density at radius 1 is 1.33 bits per heavy atom. The fourth-order valence-electron chi connectivity index (χ4n) is 2.28. The number of imidazole rings is 1. The molecular weight excluding hydrogens is 284 g/mol. The summed E-state index contributed by atoms with van der Waals surface area (Å²) < 4.78 is 6.62. The molecule has 1 saturated heterocycles. The van der Waals surface area contributed by atoms with Crippen LogP contribution in [0.25, 0.3) is 11.2 Å². The molecule has 2 aromatic rings. The van der Waals surface area contributed by atoms with Crippen molar-refractivity contribution in [1.82, 2.24) is 19.5 Å². The van der Waals surface area contributed by atoms with Crippen molar-refractivity contribution in [2.45, 2.75) is 24.2 Å². The fourth-order valence-corrected chi connectivity index (χ4v) is 2.28. The Labute approximate surface area is 118 Å². The maximum Gasteiger partial charge on any atom is 0.231 e. The van der Waals surface area contributed by atoms with Crippen LogP contribution in [-0.2, 0) is 10.6 Å². The predicted molar refractivity (Wildman–Crippen MR) is 69.5 cm³/mol. The summed E-state index contributed by atoms with van der Waals surface area (Å²) in [6, 6.07) is 0. The summed E-state index contributed by atoms with van der Waals surface area (Å²) in [5, 5.41) is 29.0. The summed E-state index contributed by atoms with van der Waals surface area (Å²) in [6.45, 7) is -0.485. The van der Waals surface area contributed by atoms with Crippen LogP contribution >= 0.6 is 0 Å². The lowest BCUT2D eigenvalue weighted by Crippen LogP contribution is -2.52. The molecule has 0 aliphatic carbocycles. The van der Waals surface area contributed by atoms with Gasteiger partial charge in [-0.2, -0.15) is 0 Å². The van der Waals surface area contributed by atoms with Crippen LogP contribution in [0, 0.1) is 0 Å². The van der Waals surface area contributed by atoms with Gasteiger partial charge in [0.2, 0.25) is 5.85 Å². The molecule has 116 valence electrons. The second-order valence-corrected chi connectivity index (χ2v) is 4.57. The van der Waals surface area contributed by atoms with Gasteiger partial charge in [0.1, 0.15) is 36.5 Å². The molecule has 1 aliphatic heterocycles. The summed E-state index contributed by atoms with van der Waals surface area (Å²) in [5.74, 6) is -1.65. The second-order valence-electron chi connectivity index (χ2n) is 4.57. The van der Waals surface area contributed by atoms with Gasteiger partial charge in [0.15, 0.2) is 11.5 Å². The molecule has 0 spiro atoms. The number of ether oxygens (including phenoxy) is 1. The van der Waals surface area contributed by atoms with E-state index in [1.54, 1.807) is 0 Å². The molecule has 11 heteroatoms. The number of anilines is 1. The van der Waals surface area contributed by atoms with E-state index in [0.29, 0.717) is 5.52 Å². The Morgan fingerprint density at radius 2 is 2.05 bits per heavy atom. The van der Waals surface area contributed by atoms with Gasteiger partial charge in [-0.25, -0.2) is 15.0 Å². The number of nitrogen functional groups attached to an aromatic ring is 1. The molecule has 0 aromatic carbocycles. The number of nitrogens with zero attached hydrogens (tertiary/aromatic N) is 4. The van der Waals surface area contributed by atoms with Crippen LogP contribution in [0.3, 0.4) is 0 Å². The number of hydrogen-bond donors (Lipinski definition) is 5. The molecule has 1 aliphatic rings. The molecule has 4 atom stereocenters. The largest absolute Gasteiger partial charge is 0.412 e. The Hall–Kier alpha value is -1.89. The monoisotopic (exact) mass is 300 g/mol. The first-order chi connectivity index (χ1) is 9.49. The van der Waals surface area contributed by atoms with E-state index in [4.69, 9.17) is 21.3 Å². The standard InChI is InChI=1S/C10H14N6O4.H2O/c11-8-5-9(14-2-13-8)16(3-15-5)10(12)7(19)6(18)4(1-17)20-10;/h2-4,6-7,17-19H,1,12H2,(H2,11,13,14);1H2/t4-,6-,7-,10+;/m1./s1. The highest BCUT2D eigenvalue weighted by molar-refractivity contribution is 5.81. The van der Waals surface area contributed by atoms with Gasteiger partial charge in [-0.15, -0.1) is 0 Å². The highest BCUT2D eigenvalue weighted by atomic mass is 16.6. The van der Waals surface area contributed by atoms with Crippen molar-refractivity contribution in [2.75, 3.05) is 12.3 Å². The number of rotatable bonds is 2. The number of hydrogen-bond acceptors (Lipinski definition) is 9. The van der Waals surface area contributed by atoms with E-state index in [2.05, 4.69) is 15.0 Å². The summed E-state index contributed by atoms with van der Waals surface area (Å²) in [7, 11) is 0. The lowest BCUT2D eigenvalue weighted by molar-refractivity contribution is -0.141. The van der Waals surface area contributed by atoms with E-state index in [-0.39, 0.29) is 16.9 Å². The molecule has 3 heterocycles. The van der Waals surface area contributed by atoms with Gasteiger partial charge in [0, 0.05) is 0 Å². The van der Waals surface area contributed by atoms with E-state index in [1.807, 2.05) is 0 Å². The minimum Gasteiger partial charge on any atom is -0.412 e. The Balaban J connectivity index is 0.00000161. The van der Waals surface area contributed by atoms with E-state index in [9.17, 15) is 10.2 Å². The van der Waals surface area contributed by atoms with Crippen LogP contribution in [0.4, 0.5) is 5.82 Å². The number of nitrogens with two attached hydrogens (primary N) is 2. The van der Waals surface area contributed by atoms with E-state index in [1.165, 1.54) is 17.2 Å². The average molecular weight is 300 g/mol. The molecule has 0 bridgehead atoms. The molecule has 2 aromatic heterocycles. The van der Waals surface area contributed by atoms with Gasteiger partial charge in [-0.05, 0) is 0 Å². The van der Waals surface area contributed by atoms with Crippen molar-refractivity contribution in [2.24, 2.45) is 5.73 Å². The first-order valence-electron chi connectivity index (χ1n) is 5.86. The van der Waals surface area contributed by atoms with Gasteiger partial charge in [0.05, 0.1) is 6.61 Å². The number of aromatic nitrogens is 4. The Kier molecular flexibility index (Phi) is 3.79. The average Bonchev–Trinajstić information content (AvgIpc) is 2.96. The number of aliphatic hydroxyl groups excluding tert-OH is 3. The third kappa shape index (κ3) is 2.03. The second kappa shape index (κ2) is 5.14. The summed E-state index contributed by atoms with van der Waals surface area (Å²) in [5.41, 5.74) is 12.2. The van der Waals surface area contributed by atoms with Crippen LogP contribution in [0.15, 0.2) is 12.7 Å². The molecule has 1 fully saturated rings. The SMILES string of the molecule is Nc1ncnc2c1ncn2[C@]1(N)O[C@H](CO)[C@@H](O)[C@H]1O.O. The van der Waals surface area contributed by atoms with Crippen LogP contribution in [0.2, 0.25) is 0 Å².